The van der Waals surface area contributed by atoms with Gasteiger partial charge in [-0.05, 0) is 34.7 Å². The van der Waals surface area contributed by atoms with Crippen LogP contribution in [0.2, 0.25) is 0 Å². The van der Waals surface area contributed by atoms with Crippen LogP contribution in [0.1, 0.15) is 11.1 Å². The molecule has 104 valence electrons. The first-order valence-electron chi connectivity index (χ1n) is 7.06. The second kappa shape index (κ2) is 6.25. The maximum Gasteiger partial charge on any atom is 0.0520 e. The molecule has 0 aromatic heterocycles. The van der Waals surface area contributed by atoms with Crippen molar-refractivity contribution in [1.82, 2.24) is 0 Å². The molecule has 0 spiro atoms. The molecule has 0 radical (unpaired) electrons. The summed E-state index contributed by atoms with van der Waals surface area (Å²) in [5, 5.41) is 0. The molecular formula is C19H18N2. The summed E-state index contributed by atoms with van der Waals surface area (Å²) < 4.78 is 0. The Labute approximate surface area is 125 Å². The summed E-state index contributed by atoms with van der Waals surface area (Å²) in [6.45, 7) is 0. The Morgan fingerprint density at radius 3 is 2.00 bits per heavy atom. The summed E-state index contributed by atoms with van der Waals surface area (Å²) in [5.74, 6) is 5.55. The standard InChI is InChI=1S/C19H18N2/c20-21-19-9-5-4-8-18(19)14-15-10-12-17(13-11-15)16-6-2-1-3-7-16/h1-13,21H,14,20H2. The van der Waals surface area contributed by atoms with E-state index < -0.39 is 0 Å². The lowest BCUT2D eigenvalue weighted by Crippen LogP contribution is -2.09. The topological polar surface area (TPSA) is 38.0 Å². The number of nitrogens with two attached hydrogens (primary N) is 1. The number of para-hydroxylation sites is 1. The predicted molar refractivity (Wildman–Crippen MR) is 88.9 cm³/mol. The van der Waals surface area contributed by atoms with Crippen molar-refractivity contribution >= 4 is 5.69 Å². The van der Waals surface area contributed by atoms with Crippen LogP contribution in [0.4, 0.5) is 5.69 Å². The van der Waals surface area contributed by atoms with E-state index in [0.29, 0.717) is 0 Å². The van der Waals surface area contributed by atoms with E-state index in [1.165, 1.54) is 22.3 Å². The van der Waals surface area contributed by atoms with Crippen molar-refractivity contribution in [2.75, 3.05) is 5.43 Å². The van der Waals surface area contributed by atoms with Crippen molar-refractivity contribution in [3.63, 3.8) is 0 Å². The third-order valence-corrected chi connectivity index (χ3v) is 3.63. The Morgan fingerprint density at radius 2 is 1.29 bits per heavy atom. The van der Waals surface area contributed by atoms with Crippen molar-refractivity contribution in [2.45, 2.75) is 6.42 Å². The second-order valence-electron chi connectivity index (χ2n) is 5.04. The molecule has 0 atom stereocenters. The minimum atomic E-state index is 0.870. The molecule has 3 aromatic rings. The molecule has 0 saturated carbocycles. The number of hydrogen-bond acceptors (Lipinski definition) is 2. The van der Waals surface area contributed by atoms with Gasteiger partial charge in [-0.1, -0.05) is 72.8 Å². The van der Waals surface area contributed by atoms with Crippen molar-refractivity contribution in [1.29, 1.82) is 0 Å². The Balaban J connectivity index is 1.82. The fourth-order valence-electron chi connectivity index (χ4n) is 2.48. The Morgan fingerprint density at radius 1 is 0.667 bits per heavy atom. The van der Waals surface area contributed by atoms with Crippen molar-refractivity contribution < 1.29 is 0 Å². The van der Waals surface area contributed by atoms with Gasteiger partial charge in [0.05, 0.1) is 5.69 Å². The highest BCUT2D eigenvalue weighted by Gasteiger charge is 2.02. The van der Waals surface area contributed by atoms with Crippen molar-refractivity contribution in [3.8, 4) is 11.1 Å². The quantitative estimate of drug-likeness (QED) is 0.552. The van der Waals surface area contributed by atoms with E-state index in [-0.39, 0.29) is 0 Å². The summed E-state index contributed by atoms with van der Waals surface area (Å²) in [6, 6.07) is 27.2. The van der Waals surface area contributed by atoms with Gasteiger partial charge < -0.3 is 5.43 Å². The smallest absolute Gasteiger partial charge is 0.0520 e. The first kappa shape index (κ1) is 13.4. The molecule has 0 saturated heterocycles. The van der Waals surface area contributed by atoms with Gasteiger partial charge in [0.15, 0.2) is 0 Å². The summed E-state index contributed by atoms with van der Waals surface area (Å²) in [4.78, 5) is 0. The molecule has 3 rings (SSSR count). The van der Waals surface area contributed by atoms with Gasteiger partial charge in [0, 0.05) is 0 Å². The van der Waals surface area contributed by atoms with Crippen LogP contribution in [0.15, 0.2) is 78.9 Å². The predicted octanol–water partition coefficient (Wildman–Crippen LogP) is 4.23. The highest BCUT2D eigenvalue weighted by Crippen LogP contribution is 2.22. The van der Waals surface area contributed by atoms with Gasteiger partial charge in [-0.2, -0.15) is 0 Å². The van der Waals surface area contributed by atoms with Crippen LogP contribution in [-0.4, -0.2) is 0 Å². The van der Waals surface area contributed by atoms with E-state index in [9.17, 15) is 0 Å². The number of rotatable bonds is 4. The van der Waals surface area contributed by atoms with Crippen LogP contribution >= 0.6 is 0 Å². The normalized spacial score (nSPS) is 10.3. The first-order chi connectivity index (χ1) is 10.4. The maximum atomic E-state index is 5.55. The van der Waals surface area contributed by atoms with Crippen molar-refractivity contribution in [2.24, 2.45) is 5.84 Å². The average Bonchev–Trinajstić information content (AvgIpc) is 2.57. The average molecular weight is 274 g/mol. The van der Waals surface area contributed by atoms with Gasteiger partial charge in [0.1, 0.15) is 0 Å². The number of hydrazine groups is 1. The molecule has 0 aliphatic carbocycles. The summed E-state index contributed by atoms with van der Waals surface area (Å²) in [5.41, 5.74) is 8.69. The Hall–Kier alpha value is -2.58. The lowest BCUT2D eigenvalue weighted by Gasteiger charge is -2.09. The molecule has 0 heterocycles. The zero-order valence-corrected chi connectivity index (χ0v) is 11.8. The van der Waals surface area contributed by atoms with E-state index in [4.69, 9.17) is 5.84 Å². The molecule has 2 nitrogen and oxygen atoms in total. The molecule has 0 aliphatic heterocycles. The fourth-order valence-corrected chi connectivity index (χ4v) is 2.48. The fraction of sp³-hybridized carbons (Fsp3) is 0.0526. The maximum absolute atomic E-state index is 5.55. The Bertz CT molecular complexity index is 703. The number of nitrogens with one attached hydrogen (secondary N) is 1. The molecule has 2 heteroatoms. The molecule has 3 N–H and O–H groups in total. The van der Waals surface area contributed by atoms with Crippen LogP contribution in [0.3, 0.4) is 0 Å². The molecule has 3 aromatic carbocycles. The highest BCUT2D eigenvalue weighted by molar-refractivity contribution is 5.63. The molecule has 0 unspecified atom stereocenters. The van der Waals surface area contributed by atoms with Gasteiger partial charge in [0.25, 0.3) is 0 Å². The molecule has 0 fully saturated rings. The van der Waals surface area contributed by atoms with Gasteiger partial charge in [0.2, 0.25) is 0 Å². The van der Waals surface area contributed by atoms with Crippen LogP contribution < -0.4 is 11.3 Å². The number of nitrogen functional groups attached to an aromatic ring is 1. The monoisotopic (exact) mass is 274 g/mol. The van der Waals surface area contributed by atoms with Crippen LogP contribution in [0.25, 0.3) is 11.1 Å². The van der Waals surface area contributed by atoms with Crippen molar-refractivity contribution in [3.05, 3.63) is 90.0 Å². The lowest BCUT2D eigenvalue weighted by atomic mass is 9.99. The summed E-state index contributed by atoms with van der Waals surface area (Å²) in [6.07, 6.45) is 0.870. The summed E-state index contributed by atoms with van der Waals surface area (Å²) >= 11 is 0. The third kappa shape index (κ3) is 3.12. The highest BCUT2D eigenvalue weighted by atomic mass is 15.2. The largest absolute Gasteiger partial charge is 0.324 e. The molecule has 0 aliphatic rings. The minimum Gasteiger partial charge on any atom is -0.324 e. The van der Waals surface area contributed by atoms with Crippen LogP contribution in [0, 0.1) is 0 Å². The van der Waals surface area contributed by atoms with Crippen LogP contribution in [-0.2, 0) is 6.42 Å². The number of hydrogen-bond donors (Lipinski definition) is 2. The van der Waals surface area contributed by atoms with E-state index in [1.807, 2.05) is 24.3 Å². The first-order valence-corrected chi connectivity index (χ1v) is 7.06. The third-order valence-electron chi connectivity index (χ3n) is 3.63. The Kier molecular flexibility index (Phi) is 3.99. The molecule has 0 amide bonds. The van der Waals surface area contributed by atoms with E-state index in [1.54, 1.807) is 0 Å². The second-order valence-corrected chi connectivity index (χ2v) is 5.04. The zero-order chi connectivity index (χ0) is 14.5. The van der Waals surface area contributed by atoms with Gasteiger partial charge in [-0.25, -0.2) is 0 Å². The number of benzene rings is 3. The van der Waals surface area contributed by atoms with Gasteiger partial charge >= 0.3 is 0 Å². The van der Waals surface area contributed by atoms with Crippen LogP contribution in [0.5, 0.6) is 0 Å². The lowest BCUT2D eigenvalue weighted by molar-refractivity contribution is 1.17. The summed E-state index contributed by atoms with van der Waals surface area (Å²) in [7, 11) is 0. The minimum absolute atomic E-state index is 0.870. The number of anilines is 1. The molecule has 21 heavy (non-hydrogen) atoms. The van der Waals surface area contributed by atoms with E-state index in [2.05, 4.69) is 60.0 Å². The molecular weight excluding hydrogens is 256 g/mol. The van der Waals surface area contributed by atoms with E-state index >= 15 is 0 Å². The van der Waals surface area contributed by atoms with E-state index in [0.717, 1.165) is 12.1 Å². The van der Waals surface area contributed by atoms with Gasteiger partial charge in [-0.15, -0.1) is 0 Å². The molecule has 0 bridgehead atoms. The zero-order valence-electron chi connectivity index (χ0n) is 11.8. The SMILES string of the molecule is NNc1ccccc1Cc1ccc(-c2ccccc2)cc1. The van der Waals surface area contributed by atoms with Gasteiger partial charge in [-0.3, -0.25) is 5.84 Å².